The summed E-state index contributed by atoms with van der Waals surface area (Å²) in [5.41, 5.74) is 1.77. The van der Waals surface area contributed by atoms with Crippen molar-refractivity contribution < 1.29 is 0 Å². The fourth-order valence-electron chi connectivity index (χ4n) is 1.96. The Morgan fingerprint density at radius 3 is 2.61 bits per heavy atom. The molecule has 2 heteroatoms. The van der Waals surface area contributed by atoms with Crippen molar-refractivity contribution in [1.82, 2.24) is 0 Å². The van der Waals surface area contributed by atoms with Crippen molar-refractivity contribution >= 4 is 16.5 Å². The zero-order valence-electron chi connectivity index (χ0n) is 10.1. The molecule has 0 atom stereocenters. The van der Waals surface area contributed by atoms with E-state index in [4.69, 9.17) is 11.7 Å². The van der Waals surface area contributed by atoms with Gasteiger partial charge in [-0.05, 0) is 18.6 Å². The monoisotopic (exact) mass is 234 g/mol. The van der Waals surface area contributed by atoms with E-state index in [0.29, 0.717) is 5.56 Å². The van der Waals surface area contributed by atoms with Crippen LogP contribution < -0.4 is 5.32 Å². The number of terminal acetylenes is 1. The molecule has 0 aromatic heterocycles. The molecule has 18 heavy (non-hydrogen) atoms. The Kier molecular flexibility index (Phi) is 3.84. The maximum Gasteiger partial charge on any atom is 0.0998 e. The van der Waals surface area contributed by atoms with Crippen molar-refractivity contribution in [2.75, 3.05) is 11.9 Å². The molecule has 0 radical (unpaired) electrons. The van der Waals surface area contributed by atoms with Crippen LogP contribution in [0, 0.1) is 23.7 Å². The van der Waals surface area contributed by atoms with Crippen LogP contribution in [-0.2, 0) is 0 Å². The highest BCUT2D eigenvalue weighted by atomic mass is 14.9. The number of benzene rings is 2. The van der Waals surface area contributed by atoms with Gasteiger partial charge in [0.15, 0.2) is 0 Å². The van der Waals surface area contributed by atoms with Crippen molar-refractivity contribution in [2.45, 2.75) is 12.8 Å². The Balaban J connectivity index is 2.30. The molecule has 2 aromatic rings. The molecule has 0 amide bonds. The molecule has 1 N–H and O–H groups in total. The second-order valence-corrected chi connectivity index (χ2v) is 4.05. The Morgan fingerprint density at radius 1 is 1.11 bits per heavy atom. The Morgan fingerprint density at radius 2 is 1.89 bits per heavy atom. The molecule has 0 saturated heterocycles. The molecule has 0 aliphatic carbocycles. The van der Waals surface area contributed by atoms with E-state index in [9.17, 15) is 0 Å². The van der Waals surface area contributed by atoms with Gasteiger partial charge in [0.25, 0.3) is 0 Å². The van der Waals surface area contributed by atoms with E-state index in [2.05, 4.69) is 17.3 Å². The molecule has 0 saturated carbocycles. The summed E-state index contributed by atoms with van der Waals surface area (Å²) in [6.07, 6.45) is 6.95. The Hall–Kier alpha value is -2.45. The molecular formula is C16H14N2. The topological polar surface area (TPSA) is 35.8 Å². The third-order valence-electron chi connectivity index (χ3n) is 2.86. The zero-order chi connectivity index (χ0) is 12.8. The van der Waals surface area contributed by atoms with Gasteiger partial charge in [-0.1, -0.05) is 24.3 Å². The van der Waals surface area contributed by atoms with E-state index < -0.39 is 0 Å². The smallest absolute Gasteiger partial charge is 0.0998 e. The SMILES string of the molecule is C#CCCCNc1ccc(C#N)c2ccccc12. The molecule has 0 spiro atoms. The maximum atomic E-state index is 9.08. The zero-order valence-corrected chi connectivity index (χ0v) is 10.1. The van der Waals surface area contributed by atoms with E-state index in [-0.39, 0.29) is 0 Å². The van der Waals surface area contributed by atoms with Gasteiger partial charge in [-0.15, -0.1) is 12.3 Å². The number of fused-ring (bicyclic) bond motifs is 1. The maximum absolute atomic E-state index is 9.08. The average molecular weight is 234 g/mol. The molecule has 0 aliphatic heterocycles. The van der Waals surface area contributed by atoms with Crippen LogP contribution >= 0.6 is 0 Å². The lowest BCUT2D eigenvalue weighted by atomic mass is 10.0. The van der Waals surface area contributed by atoms with Crippen molar-refractivity contribution in [3.05, 3.63) is 42.0 Å². The molecule has 0 heterocycles. The summed E-state index contributed by atoms with van der Waals surface area (Å²) in [5, 5.41) is 14.5. The molecule has 0 unspecified atom stereocenters. The predicted octanol–water partition coefficient (Wildman–Crippen LogP) is 3.54. The van der Waals surface area contributed by atoms with Crippen LogP contribution in [-0.4, -0.2) is 6.54 Å². The number of hydrogen-bond donors (Lipinski definition) is 1. The molecule has 2 rings (SSSR count). The second-order valence-electron chi connectivity index (χ2n) is 4.05. The van der Waals surface area contributed by atoms with Gasteiger partial charge in [0.1, 0.15) is 0 Å². The molecule has 0 aliphatic rings. The van der Waals surface area contributed by atoms with Gasteiger partial charge in [-0.25, -0.2) is 0 Å². The van der Waals surface area contributed by atoms with E-state index in [0.717, 1.165) is 35.8 Å². The lowest BCUT2D eigenvalue weighted by Crippen LogP contribution is -2.01. The molecule has 0 fully saturated rings. The summed E-state index contributed by atoms with van der Waals surface area (Å²) in [6.45, 7) is 0.847. The van der Waals surface area contributed by atoms with Crippen LogP contribution in [0.4, 0.5) is 5.69 Å². The largest absolute Gasteiger partial charge is 0.385 e. The third kappa shape index (κ3) is 2.44. The Labute approximate surface area is 107 Å². The van der Waals surface area contributed by atoms with E-state index in [1.807, 2.05) is 36.4 Å². The van der Waals surface area contributed by atoms with Crippen molar-refractivity contribution in [3.8, 4) is 18.4 Å². The van der Waals surface area contributed by atoms with Crippen molar-refractivity contribution in [3.63, 3.8) is 0 Å². The lowest BCUT2D eigenvalue weighted by molar-refractivity contribution is 0.908. The highest BCUT2D eigenvalue weighted by Gasteiger charge is 2.04. The minimum atomic E-state index is 0.708. The number of unbranched alkanes of at least 4 members (excludes halogenated alkanes) is 1. The van der Waals surface area contributed by atoms with Gasteiger partial charge >= 0.3 is 0 Å². The van der Waals surface area contributed by atoms with E-state index in [1.165, 1.54) is 0 Å². The summed E-state index contributed by atoms with van der Waals surface area (Å²) in [6, 6.07) is 14.0. The normalized spacial score (nSPS) is 9.67. The van der Waals surface area contributed by atoms with E-state index in [1.54, 1.807) is 0 Å². The van der Waals surface area contributed by atoms with Crippen LogP contribution in [0.5, 0.6) is 0 Å². The Bertz CT molecular complexity index is 630. The van der Waals surface area contributed by atoms with Gasteiger partial charge in [0, 0.05) is 29.4 Å². The fraction of sp³-hybridized carbons (Fsp3) is 0.188. The van der Waals surface area contributed by atoms with Crippen molar-refractivity contribution in [1.29, 1.82) is 5.26 Å². The minimum Gasteiger partial charge on any atom is -0.385 e. The first-order valence-electron chi connectivity index (χ1n) is 5.96. The average Bonchev–Trinajstić information content (AvgIpc) is 2.43. The summed E-state index contributed by atoms with van der Waals surface area (Å²) in [5.74, 6) is 2.63. The molecule has 0 bridgehead atoms. The quantitative estimate of drug-likeness (QED) is 0.648. The van der Waals surface area contributed by atoms with Gasteiger partial charge in [-0.2, -0.15) is 5.26 Å². The molecular weight excluding hydrogens is 220 g/mol. The summed E-state index contributed by atoms with van der Waals surface area (Å²) >= 11 is 0. The predicted molar refractivity (Wildman–Crippen MR) is 75.2 cm³/mol. The molecule has 88 valence electrons. The van der Waals surface area contributed by atoms with E-state index >= 15 is 0 Å². The summed E-state index contributed by atoms with van der Waals surface area (Å²) < 4.78 is 0. The molecule has 2 aromatic carbocycles. The minimum absolute atomic E-state index is 0.708. The highest BCUT2D eigenvalue weighted by molar-refractivity contribution is 5.97. The summed E-state index contributed by atoms with van der Waals surface area (Å²) in [7, 11) is 0. The first-order chi connectivity index (χ1) is 8.86. The van der Waals surface area contributed by atoms with Gasteiger partial charge in [0.2, 0.25) is 0 Å². The van der Waals surface area contributed by atoms with Crippen molar-refractivity contribution in [2.24, 2.45) is 0 Å². The van der Waals surface area contributed by atoms with Crippen LogP contribution in [0.25, 0.3) is 10.8 Å². The first-order valence-corrected chi connectivity index (χ1v) is 5.96. The highest BCUT2D eigenvalue weighted by Crippen LogP contribution is 2.26. The van der Waals surface area contributed by atoms with Gasteiger partial charge in [0.05, 0.1) is 11.6 Å². The third-order valence-corrected chi connectivity index (χ3v) is 2.86. The number of nitrogens with one attached hydrogen (secondary N) is 1. The summed E-state index contributed by atoms with van der Waals surface area (Å²) in [4.78, 5) is 0. The molecule has 2 nitrogen and oxygen atoms in total. The standard InChI is InChI=1S/C16H14N2/c1-2-3-6-11-18-16-10-9-13(12-17)14-7-4-5-8-15(14)16/h1,4-5,7-10,18H,3,6,11H2. The van der Waals surface area contributed by atoms with Gasteiger partial charge < -0.3 is 5.32 Å². The van der Waals surface area contributed by atoms with Crippen LogP contribution in [0.15, 0.2) is 36.4 Å². The number of rotatable bonds is 4. The van der Waals surface area contributed by atoms with Crippen LogP contribution in [0.1, 0.15) is 18.4 Å². The number of nitriles is 1. The first kappa shape index (κ1) is 12.0. The van der Waals surface area contributed by atoms with Gasteiger partial charge in [-0.3, -0.25) is 0 Å². The second kappa shape index (κ2) is 5.75. The lowest BCUT2D eigenvalue weighted by Gasteiger charge is -2.10. The van der Waals surface area contributed by atoms with Crippen LogP contribution in [0.3, 0.4) is 0 Å². The van der Waals surface area contributed by atoms with Crippen LogP contribution in [0.2, 0.25) is 0 Å². The number of nitrogens with zero attached hydrogens (tertiary/aromatic N) is 1. The fourth-order valence-corrected chi connectivity index (χ4v) is 1.96. The number of anilines is 1. The number of hydrogen-bond acceptors (Lipinski definition) is 2.